The predicted octanol–water partition coefficient (Wildman–Crippen LogP) is 8.35. The van der Waals surface area contributed by atoms with Gasteiger partial charge in [0.2, 0.25) is 0 Å². The fourth-order valence-corrected chi connectivity index (χ4v) is 6.86. The smallest absolute Gasteiger partial charge is 0.135 e. The summed E-state index contributed by atoms with van der Waals surface area (Å²) in [5.74, 6) is 6.69. The van der Waals surface area contributed by atoms with Gasteiger partial charge in [-0.25, -0.2) is 0 Å². The van der Waals surface area contributed by atoms with E-state index < -0.39 is 0 Å². The Morgan fingerprint density at radius 3 is 1.52 bits per heavy atom. The third-order valence-corrected chi connectivity index (χ3v) is 9.63. The van der Waals surface area contributed by atoms with Gasteiger partial charge >= 0.3 is 0 Å². The average molecular weight is 481 g/mol. The van der Waals surface area contributed by atoms with Crippen molar-refractivity contribution >= 4 is 14.4 Å². The Bertz CT molecular complexity index is 533. The summed E-state index contributed by atoms with van der Waals surface area (Å²) in [6.45, 7) is 13.4. The van der Waals surface area contributed by atoms with Gasteiger partial charge in [-0.15, -0.1) is 8.58 Å². The minimum atomic E-state index is -0.0110. The van der Waals surface area contributed by atoms with Crippen LogP contribution in [-0.4, -0.2) is 30.3 Å². The minimum absolute atomic E-state index is 0.0110. The van der Waals surface area contributed by atoms with Gasteiger partial charge in [0.25, 0.3) is 0 Å². The first-order valence-corrected chi connectivity index (χ1v) is 16.5. The Morgan fingerprint density at radius 1 is 0.636 bits per heavy atom. The first kappa shape index (κ1) is 29.3. The van der Waals surface area contributed by atoms with E-state index in [-0.39, 0.29) is 6.10 Å². The van der Waals surface area contributed by atoms with Crippen molar-refractivity contribution in [3.63, 3.8) is 0 Å². The summed E-state index contributed by atoms with van der Waals surface area (Å²) < 4.78 is 0. The molecule has 0 spiro atoms. The van der Waals surface area contributed by atoms with Crippen LogP contribution in [-0.2, 0) is 4.79 Å². The number of ketones is 1. The van der Waals surface area contributed by atoms with Gasteiger partial charge in [-0.2, -0.15) is 0 Å². The summed E-state index contributed by atoms with van der Waals surface area (Å²) in [6.07, 6.45) is 18.3. The third-order valence-electron chi connectivity index (χ3n) is 9.63. The van der Waals surface area contributed by atoms with Gasteiger partial charge in [-0.3, -0.25) is 4.79 Å². The number of carbonyl (C=O) groups excluding carboxylic acids is 1. The van der Waals surface area contributed by atoms with Crippen LogP contribution in [0.25, 0.3) is 0 Å². The van der Waals surface area contributed by atoms with Crippen LogP contribution in [0.5, 0.6) is 0 Å². The molecule has 4 rings (SSSR count). The van der Waals surface area contributed by atoms with Gasteiger partial charge in [0.1, 0.15) is 5.78 Å². The Morgan fingerprint density at radius 2 is 1.06 bits per heavy atom. The number of hydrogen-bond acceptors (Lipinski definition) is 2. The molecule has 0 aromatic rings. The van der Waals surface area contributed by atoms with Crippen molar-refractivity contribution in [3.05, 3.63) is 0 Å². The summed E-state index contributed by atoms with van der Waals surface area (Å²) in [5.41, 5.74) is 0. The lowest BCUT2D eigenvalue weighted by Gasteiger charge is -2.38. The summed E-state index contributed by atoms with van der Waals surface area (Å²) in [7, 11) is 1.08. The molecule has 4 fully saturated rings. The summed E-state index contributed by atoms with van der Waals surface area (Å²) in [5, 5.41) is 9.93. The van der Waals surface area contributed by atoms with Crippen LogP contribution in [0.3, 0.4) is 0 Å². The van der Waals surface area contributed by atoms with Crippen LogP contribution in [0, 0.1) is 47.3 Å². The van der Waals surface area contributed by atoms with Crippen LogP contribution in [0.2, 0.25) is 0 Å². The maximum absolute atomic E-state index is 11.7. The molecule has 0 bridgehead atoms. The van der Waals surface area contributed by atoms with Crippen molar-refractivity contribution in [1.82, 2.24) is 0 Å². The van der Waals surface area contributed by atoms with Crippen LogP contribution < -0.4 is 0 Å². The Kier molecular flexibility index (Phi) is 13.5. The molecule has 0 aliphatic heterocycles. The van der Waals surface area contributed by atoms with E-state index in [0.29, 0.717) is 17.6 Å². The molecule has 0 radical (unpaired) electrons. The second kappa shape index (κ2) is 15.2. The van der Waals surface area contributed by atoms with E-state index in [2.05, 4.69) is 41.0 Å². The highest BCUT2D eigenvalue weighted by molar-refractivity contribution is 7.35. The van der Waals surface area contributed by atoms with E-state index in [1.165, 1.54) is 70.6 Å². The Labute approximate surface area is 208 Å². The molecule has 4 saturated carbocycles. The third kappa shape index (κ3) is 9.91. The normalized spacial score (nSPS) is 41.8. The maximum atomic E-state index is 11.7. The molecular formula is C30H57O2P. The largest absolute Gasteiger partial charge is 0.393 e. The molecule has 0 aromatic heterocycles. The Hall–Kier alpha value is 0.0600. The van der Waals surface area contributed by atoms with Crippen LogP contribution in [0.4, 0.5) is 0 Å². The molecule has 3 heteroatoms. The molecule has 2 nitrogen and oxygen atoms in total. The van der Waals surface area contributed by atoms with Gasteiger partial charge in [0.15, 0.2) is 0 Å². The number of aliphatic hydroxyl groups is 1. The zero-order chi connectivity index (χ0) is 24.4. The summed E-state index contributed by atoms with van der Waals surface area (Å²) in [4.78, 5) is 11.7. The van der Waals surface area contributed by atoms with E-state index in [1.807, 2.05) is 0 Å². The van der Waals surface area contributed by atoms with Gasteiger partial charge in [0.05, 0.1) is 6.10 Å². The first-order chi connectivity index (χ1) is 15.7. The van der Waals surface area contributed by atoms with Crippen LogP contribution >= 0.6 is 8.58 Å². The number of aliphatic hydroxyl groups excluding tert-OH is 1. The standard InChI is InChI=1S/C14H26O.C14H24O.C2H7P/c2*1-10-3-6-12(7-4-10)13-8-5-11(2)14(15)9-13;1-3-2/h10-15H,3-9H2,1-2H3;10-13H,3-9H2,1-2H3;3H,1-2H3. The molecule has 0 aromatic carbocycles. The molecule has 0 saturated heterocycles. The molecule has 194 valence electrons. The SMILES string of the molecule is CC1CCC(C2CCC(C)C(=O)C2)CC1.CC1CCC(C2CCC(C)C(O)C2)CC1.CPC. The van der Waals surface area contributed by atoms with Gasteiger partial charge in [0, 0.05) is 12.3 Å². The highest BCUT2D eigenvalue weighted by atomic mass is 31.1. The molecule has 1 N–H and O–H groups in total. The number of rotatable bonds is 2. The summed E-state index contributed by atoms with van der Waals surface area (Å²) in [6, 6.07) is 0. The lowest BCUT2D eigenvalue weighted by molar-refractivity contribution is -0.126. The Balaban J connectivity index is 0.000000209. The van der Waals surface area contributed by atoms with Crippen molar-refractivity contribution in [1.29, 1.82) is 0 Å². The van der Waals surface area contributed by atoms with E-state index in [0.717, 1.165) is 63.4 Å². The quantitative estimate of drug-likeness (QED) is 0.403. The van der Waals surface area contributed by atoms with E-state index in [1.54, 1.807) is 0 Å². The molecule has 33 heavy (non-hydrogen) atoms. The molecule has 5 atom stereocenters. The molecule has 4 aliphatic carbocycles. The monoisotopic (exact) mass is 480 g/mol. The topological polar surface area (TPSA) is 37.3 Å². The number of carbonyl (C=O) groups is 1. The highest BCUT2D eigenvalue weighted by Crippen LogP contribution is 2.41. The molecule has 0 amide bonds. The van der Waals surface area contributed by atoms with Crippen molar-refractivity contribution in [2.45, 2.75) is 124 Å². The zero-order valence-electron chi connectivity index (χ0n) is 23.0. The lowest BCUT2D eigenvalue weighted by atomic mass is 9.69. The van der Waals surface area contributed by atoms with E-state index in [4.69, 9.17) is 0 Å². The highest BCUT2D eigenvalue weighted by Gasteiger charge is 2.33. The van der Waals surface area contributed by atoms with Gasteiger partial charge in [-0.05, 0) is 113 Å². The van der Waals surface area contributed by atoms with Crippen molar-refractivity contribution in [2.75, 3.05) is 13.3 Å². The molecular weight excluding hydrogens is 423 g/mol. The maximum Gasteiger partial charge on any atom is 0.135 e. The average Bonchev–Trinajstić information content (AvgIpc) is 2.80. The number of hydrogen-bond donors (Lipinski definition) is 1. The van der Waals surface area contributed by atoms with Crippen LogP contribution in [0.15, 0.2) is 0 Å². The fourth-order valence-electron chi connectivity index (χ4n) is 6.86. The fraction of sp³-hybridized carbons (Fsp3) is 0.967. The number of Topliss-reactive ketones (excluding diaryl/α,β-unsaturated/α-hetero) is 1. The van der Waals surface area contributed by atoms with E-state index in [9.17, 15) is 9.90 Å². The lowest BCUT2D eigenvalue weighted by Crippen LogP contribution is -2.32. The first-order valence-electron chi connectivity index (χ1n) is 14.5. The second-order valence-electron chi connectivity index (χ2n) is 12.6. The van der Waals surface area contributed by atoms with E-state index >= 15 is 0 Å². The predicted molar refractivity (Wildman–Crippen MR) is 146 cm³/mol. The second-order valence-corrected chi connectivity index (χ2v) is 13.6. The molecule has 4 aliphatic rings. The minimum Gasteiger partial charge on any atom is -0.393 e. The zero-order valence-corrected chi connectivity index (χ0v) is 24.0. The van der Waals surface area contributed by atoms with Crippen molar-refractivity contribution in [3.8, 4) is 0 Å². The van der Waals surface area contributed by atoms with Crippen molar-refractivity contribution in [2.24, 2.45) is 47.3 Å². The van der Waals surface area contributed by atoms with Gasteiger partial charge < -0.3 is 5.11 Å². The van der Waals surface area contributed by atoms with Crippen LogP contribution in [0.1, 0.15) is 118 Å². The molecule has 5 unspecified atom stereocenters. The molecule has 0 heterocycles. The summed E-state index contributed by atoms with van der Waals surface area (Å²) >= 11 is 0. The van der Waals surface area contributed by atoms with Crippen molar-refractivity contribution < 1.29 is 9.90 Å². The van der Waals surface area contributed by atoms with Gasteiger partial charge in [-0.1, -0.05) is 53.4 Å².